The highest BCUT2D eigenvalue weighted by Gasteiger charge is 2.24. The molecule has 1 N–H and O–H groups in total. The molecule has 1 unspecified atom stereocenters. The fourth-order valence-electron chi connectivity index (χ4n) is 2.67. The van der Waals surface area contributed by atoms with Crippen LogP contribution in [-0.2, 0) is 9.59 Å². The third-order valence-corrected chi connectivity index (χ3v) is 4.50. The molecule has 1 amide bonds. The number of halogens is 1. The van der Waals surface area contributed by atoms with Gasteiger partial charge in [-0.05, 0) is 20.8 Å². The van der Waals surface area contributed by atoms with Crippen LogP contribution in [0.15, 0.2) is 40.6 Å². The van der Waals surface area contributed by atoms with Crippen LogP contribution in [0, 0.1) is 0 Å². The number of benzene rings is 2. The van der Waals surface area contributed by atoms with E-state index < -0.39 is 17.7 Å². The minimum atomic E-state index is -1.37. The highest BCUT2D eigenvalue weighted by molar-refractivity contribution is 6.33. The van der Waals surface area contributed by atoms with Crippen LogP contribution >= 0.6 is 11.6 Å². The van der Waals surface area contributed by atoms with Gasteiger partial charge in [0, 0.05) is 36.0 Å². The van der Waals surface area contributed by atoms with Gasteiger partial charge in [-0.2, -0.15) is 10.2 Å². The number of amides is 1. The molecule has 0 aromatic heterocycles. The maximum atomic E-state index is 12.8. The fourth-order valence-corrected chi connectivity index (χ4v) is 2.89. The number of Topliss-reactive ketones (excluding diaryl/α,β-unsaturated/α-hetero) is 1. The van der Waals surface area contributed by atoms with Crippen molar-refractivity contribution in [1.82, 2.24) is 0 Å². The number of azo groups is 1. The Morgan fingerprint density at radius 1 is 0.969 bits per heavy atom. The minimum absolute atomic E-state index is 0.293. The van der Waals surface area contributed by atoms with Crippen LogP contribution in [0.4, 0.5) is 11.4 Å². The highest BCUT2D eigenvalue weighted by atomic mass is 35.5. The molecule has 0 bridgehead atoms. The molecule has 10 heteroatoms. The fraction of sp³-hybridized carbons (Fsp3) is 0.364. The molecular weight excluding hydrogens is 438 g/mol. The maximum absolute atomic E-state index is 12.8. The number of nitrogens with zero attached hydrogens (tertiary/aromatic N) is 2. The zero-order valence-electron chi connectivity index (χ0n) is 18.6. The van der Waals surface area contributed by atoms with E-state index in [-0.39, 0.29) is 0 Å². The molecule has 0 aliphatic rings. The molecule has 0 saturated heterocycles. The lowest BCUT2D eigenvalue weighted by atomic mass is 10.2. The van der Waals surface area contributed by atoms with Gasteiger partial charge in [0.25, 0.3) is 5.91 Å². The summed E-state index contributed by atoms with van der Waals surface area (Å²) in [4.78, 5) is 24.9. The molecule has 2 rings (SSSR count). The zero-order valence-corrected chi connectivity index (χ0v) is 19.4. The first kappa shape index (κ1) is 24.9. The maximum Gasteiger partial charge on any atom is 0.258 e. The largest absolute Gasteiger partial charge is 0.497 e. The van der Waals surface area contributed by atoms with Crippen molar-refractivity contribution in [3.63, 3.8) is 0 Å². The van der Waals surface area contributed by atoms with Crippen LogP contribution in [0.5, 0.6) is 23.0 Å². The average molecular weight is 464 g/mol. The van der Waals surface area contributed by atoms with Crippen molar-refractivity contribution in [1.29, 1.82) is 0 Å². The number of rotatable bonds is 11. The smallest absolute Gasteiger partial charge is 0.258 e. The van der Waals surface area contributed by atoms with Crippen LogP contribution in [0.3, 0.4) is 0 Å². The van der Waals surface area contributed by atoms with E-state index in [0.717, 1.165) is 0 Å². The first-order valence-corrected chi connectivity index (χ1v) is 10.2. The van der Waals surface area contributed by atoms with E-state index in [2.05, 4.69) is 15.5 Å². The molecule has 0 aliphatic carbocycles. The average Bonchev–Trinajstić information content (AvgIpc) is 2.76. The number of hydrogen-bond acceptors (Lipinski definition) is 8. The number of carbonyl (C=O) groups is 2. The van der Waals surface area contributed by atoms with Gasteiger partial charge in [0.1, 0.15) is 28.0 Å². The normalized spacial score (nSPS) is 11.7. The van der Waals surface area contributed by atoms with Crippen molar-refractivity contribution < 1.29 is 28.5 Å². The van der Waals surface area contributed by atoms with E-state index in [0.29, 0.717) is 52.6 Å². The van der Waals surface area contributed by atoms with E-state index in [1.54, 1.807) is 30.3 Å². The van der Waals surface area contributed by atoms with E-state index in [9.17, 15) is 9.59 Å². The first-order valence-electron chi connectivity index (χ1n) is 9.87. The van der Waals surface area contributed by atoms with E-state index in [4.69, 9.17) is 30.5 Å². The lowest BCUT2D eigenvalue weighted by Gasteiger charge is -2.15. The van der Waals surface area contributed by atoms with Gasteiger partial charge >= 0.3 is 0 Å². The summed E-state index contributed by atoms with van der Waals surface area (Å²) in [5.41, 5.74) is 0.708. The van der Waals surface area contributed by atoms with Crippen LogP contribution in [0.2, 0.25) is 5.02 Å². The SMILES string of the molecule is CCOc1cc(NC(=O)C(N=Nc2cc(OC)cc(OC)c2)C(C)=O)cc(OCC)c1Cl. The second-order valence-electron chi connectivity index (χ2n) is 6.44. The molecule has 2 aromatic carbocycles. The predicted octanol–water partition coefficient (Wildman–Crippen LogP) is 4.83. The number of nitrogens with one attached hydrogen (secondary N) is 1. The van der Waals surface area contributed by atoms with E-state index in [1.807, 2.05) is 13.8 Å². The summed E-state index contributed by atoms with van der Waals surface area (Å²) in [6.45, 7) is 5.62. The summed E-state index contributed by atoms with van der Waals surface area (Å²) >= 11 is 6.28. The topological polar surface area (TPSA) is 108 Å². The summed E-state index contributed by atoms with van der Waals surface area (Å²) in [5.74, 6) is 0.540. The highest BCUT2D eigenvalue weighted by Crippen LogP contribution is 2.37. The van der Waals surface area contributed by atoms with Crippen molar-refractivity contribution in [2.45, 2.75) is 26.8 Å². The van der Waals surface area contributed by atoms with Crippen molar-refractivity contribution >= 4 is 34.7 Å². The monoisotopic (exact) mass is 463 g/mol. The molecule has 0 aliphatic heterocycles. The van der Waals surface area contributed by atoms with Crippen LogP contribution in [0.1, 0.15) is 20.8 Å². The van der Waals surface area contributed by atoms with Crippen molar-refractivity contribution in [2.24, 2.45) is 10.2 Å². The van der Waals surface area contributed by atoms with Crippen molar-refractivity contribution in [3.05, 3.63) is 35.4 Å². The van der Waals surface area contributed by atoms with Gasteiger partial charge in [0.05, 0.1) is 33.1 Å². The van der Waals surface area contributed by atoms with Crippen LogP contribution in [0.25, 0.3) is 0 Å². The van der Waals surface area contributed by atoms with E-state index in [1.165, 1.54) is 21.1 Å². The van der Waals surface area contributed by atoms with Gasteiger partial charge in [-0.15, -0.1) is 0 Å². The van der Waals surface area contributed by atoms with Gasteiger partial charge < -0.3 is 24.3 Å². The first-order chi connectivity index (χ1) is 15.3. The summed E-state index contributed by atoms with van der Waals surface area (Å²) in [6.07, 6.45) is 0. The molecule has 1 atom stereocenters. The van der Waals surface area contributed by atoms with Crippen molar-refractivity contribution in [3.8, 4) is 23.0 Å². The minimum Gasteiger partial charge on any atom is -0.497 e. The Morgan fingerprint density at radius 3 is 1.94 bits per heavy atom. The number of ether oxygens (including phenoxy) is 4. The van der Waals surface area contributed by atoms with Gasteiger partial charge in [0.2, 0.25) is 6.04 Å². The lowest BCUT2D eigenvalue weighted by molar-refractivity contribution is -0.126. The second-order valence-corrected chi connectivity index (χ2v) is 6.82. The molecular formula is C22H26ClN3O6. The zero-order chi connectivity index (χ0) is 23.7. The van der Waals surface area contributed by atoms with Crippen molar-refractivity contribution in [2.75, 3.05) is 32.8 Å². The van der Waals surface area contributed by atoms with Gasteiger partial charge in [0.15, 0.2) is 5.78 Å². The number of methoxy groups -OCH3 is 2. The third-order valence-electron chi connectivity index (χ3n) is 4.13. The summed E-state index contributed by atoms with van der Waals surface area (Å²) in [5, 5.41) is 10.9. The molecule has 9 nitrogen and oxygen atoms in total. The number of hydrogen-bond donors (Lipinski definition) is 1. The standard InChI is InChI=1S/C22H26ClN3O6/c1-6-31-18-10-14(11-19(20(18)23)32-7-2)24-22(28)21(13(3)27)26-25-15-8-16(29-4)12-17(9-15)30-5/h8-12,21H,6-7H2,1-5H3,(H,24,28). The second kappa shape index (κ2) is 11.9. The molecule has 0 heterocycles. The molecule has 0 saturated carbocycles. The molecule has 0 fully saturated rings. The Kier molecular flexibility index (Phi) is 9.27. The number of anilines is 1. The summed E-state index contributed by atoms with van der Waals surface area (Å²) < 4.78 is 21.4. The number of ketones is 1. The van der Waals surface area contributed by atoms with Gasteiger partial charge in [-0.1, -0.05) is 11.6 Å². The predicted molar refractivity (Wildman–Crippen MR) is 121 cm³/mol. The molecule has 32 heavy (non-hydrogen) atoms. The Labute approximate surface area is 191 Å². The summed E-state index contributed by atoms with van der Waals surface area (Å²) in [6, 6.07) is 6.60. The van der Waals surface area contributed by atoms with E-state index >= 15 is 0 Å². The Bertz CT molecular complexity index is 946. The third kappa shape index (κ3) is 6.58. The van der Waals surface area contributed by atoms with Gasteiger partial charge in [-0.25, -0.2) is 0 Å². The van der Waals surface area contributed by atoms with Crippen LogP contribution in [-0.4, -0.2) is 45.2 Å². The lowest BCUT2D eigenvalue weighted by Crippen LogP contribution is -2.31. The summed E-state index contributed by atoms with van der Waals surface area (Å²) in [7, 11) is 3.00. The molecule has 0 radical (unpaired) electrons. The van der Waals surface area contributed by atoms with Crippen LogP contribution < -0.4 is 24.3 Å². The quantitative estimate of drug-likeness (QED) is 0.377. The molecule has 172 valence electrons. The van der Waals surface area contributed by atoms with Gasteiger partial charge in [-0.3, -0.25) is 9.59 Å². The Hall–Kier alpha value is -3.33. The Balaban J connectivity index is 2.29. The Morgan fingerprint density at radius 2 is 1.50 bits per heavy atom. The molecule has 0 spiro atoms. The molecule has 2 aromatic rings. The number of carbonyl (C=O) groups excluding carboxylic acids is 2.